The van der Waals surface area contributed by atoms with Crippen LogP contribution < -0.4 is 15.1 Å². The SMILES string of the molecule is CC(C)C[C@@H](CO[Si](c1ccccc1)(c1ccccc1)C(C)(C)C)NS(=O)(=O)c1ccc(Cn2ccnc2)cc1. The van der Waals surface area contributed by atoms with E-state index in [9.17, 15) is 8.42 Å². The summed E-state index contributed by atoms with van der Waals surface area (Å²) in [6.07, 6.45) is 6.02. The number of hydrogen-bond donors (Lipinski definition) is 1. The van der Waals surface area contributed by atoms with Crippen molar-refractivity contribution in [2.24, 2.45) is 5.92 Å². The smallest absolute Gasteiger partial charge is 0.261 e. The number of benzene rings is 3. The maximum absolute atomic E-state index is 13.5. The van der Waals surface area contributed by atoms with E-state index in [1.807, 2.05) is 35.0 Å². The highest BCUT2D eigenvalue weighted by Gasteiger charge is 2.50. The lowest BCUT2D eigenvalue weighted by atomic mass is 10.1. The third-order valence-corrected chi connectivity index (χ3v) is 13.7. The second-order valence-electron chi connectivity index (χ2n) is 11.8. The third-order valence-electron chi connectivity index (χ3n) is 7.15. The van der Waals surface area contributed by atoms with Gasteiger partial charge in [-0.2, -0.15) is 0 Å². The van der Waals surface area contributed by atoms with E-state index in [1.165, 1.54) is 10.4 Å². The normalized spacial score (nSPS) is 13.4. The molecule has 0 saturated carbocycles. The van der Waals surface area contributed by atoms with Crippen LogP contribution in [0.1, 0.15) is 46.6 Å². The van der Waals surface area contributed by atoms with Crippen LogP contribution in [-0.2, 0) is 21.0 Å². The van der Waals surface area contributed by atoms with Crippen LogP contribution in [-0.4, -0.2) is 38.9 Å². The number of nitrogens with one attached hydrogen (secondary N) is 1. The second kappa shape index (κ2) is 12.6. The second-order valence-corrected chi connectivity index (χ2v) is 17.8. The standard InChI is InChI=1S/C32H41N3O3SSi/c1-26(2)22-28(34-39(36,37)29-18-16-27(17-19-29)23-35-21-20-33-25-35)24-38-40(32(3,4)5,30-12-8-6-9-13-30)31-14-10-7-11-15-31/h6-21,25-26,28,34H,22-24H2,1-5H3/t28-/m0/s1. The molecule has 0 unspecified atom stereocenters. The number of nitrogens with zero attached hydrogens (tertiary/aromatic N) is 2. The fourth-order valence-corrected chi connectivity index (χ4v) is 11.2. The van der Waals surface area contributed by atoms with Gasteiger partial charge >= 0.3 is 0 Å². The van der Waals surface area contributed by atoms with E-state index in [0.29, 0.717) is 13.0 Å². The molecular weight excluding hydrogens is 535 g/mol. The van der Waals surface area contributed by atoms with E-state index in [4.69, 9.17) is 4.43 Å². The average Bonchev–Trinajstić information content (AvgIpc) is 3.42. The molecule has 1 atom stereocenters. The van der Waals surface area contributed by atoms with Gasteiger partial charge in [-0.05, 0) is 45.4 Å². The van der Waals surface area contributed by atoms with Crippen molar-refractivity contribution in [1.29, 1.82) is 0 Å². The minimum atomic E-state index is -3.75. The molecule has 0 saturated heterocycles. The number of hydrogen-bond acceptors (Lipinski definition) is 4. The minimum absolute atomic E-state index is 0.192. The highest BCUT2D eigenvalue weighted by Crippen LogP contribution is 2.37. The predicted molar refractivity (Wildman–Crippen MR) is 165 cm³/mol. The molecule has 0 aliphatic rings. The summed E-state index contributed by atoms with van der Waals surface area (Å²) in [6, 6.07) is 27.5. The lowest BCUT2D eigenvalue weighted by Crippen LogP contribution is -2.67. The Kier molecular flexibility index (Phi) is 9.46. The summed E-state index contributed by atoms with van der Waals surface area (Å²) in [5.41, 5.74) is 1.01. The molecule has 1 N–H and O–H groups in total. The molecule has 6 nitrogen and oxygen atoms in total. The number of rotatable bonds is 12. The van der Waals surface area contributed by atoms with Gasteiger partial charge in [0.1, 0.15) is 0 Å². The van der Waals surface area contributed by atoms with Crippen LogP contribution in [0.3, 0.4) is 0 Å². The van der Waals surface area contributed by atoms with E-state index in [2.05, 4.69) is 92.9 Å². The molecule has 212 valence electrons. The summed E-state index contributed by atoms with van der Waals surface area (Å²) < 4.78 is 39.1. The van der Waals surface area contributed by atoms with E-state index in [1.54, 1.807) is 24.7 Å². The fourth-order valence-electron chi connectivity index (χ4n) is 5.36. The molecule has 3 aromatic carbocycles. The van der Waals surface area contributed by atoms with Crippen LogP contribution in [0, 0.1) is 5.92 Å². The van der Waals surface area contributed by atoms with Gasteiger partial charge in [-0.25, -0.2) is 18.1 Å². The Labute approximate surface area is 240 Å². The van der Waals surface area contributed by atoms with Crippen molar-refractivity contribution in [2.45, 2.75) is 63.6 Å². The molecule has 0 spiro atoms. The zero-order valence-corrected chi connectivity index (χ0v) is 25.9. The lowest BCUT2D eigenvalue weighted by molar-refractivity contribution is 0.246. The van der Waals surface area contributed by atoms with Crippen molar-refractivity contribution in [3.05, 3.63) is 109 Å². The first-order valence-corrected chi connectivity index (χ1v) is 17.2. The topological polar surface area (TPSA) is 73.2 Å². The summed E-state index contributed by atoms with van der Waals surface area (Å²) in [7, 11) is -6.55. The predicted octanol–water partition coefficient (Wildman–Crippen LogP) is 5.20. The van der Waals surface area contributed by atoms with Crippen LogP contribution in [0.15, 0.2) is 109 Å². The molecule has 4 rings (SSSR count). The highest BCUT2D eigenvalue weighted by molar-refractivity contribution is 7.89. The van der Waals surface area contributed by atoms with Gasteiger partial charge in [0.05, 0.1) is 17.8 Å². The van der Waals surface area contributed by atoms with Crippen molar-refractivity contribution in [1.82, 2.24) is 14.3 Å². The van der Waals surface area contributed by atoms with Crippen molar-refractivity contribution >= 4 is 28.7 Å². The average molecular weight is 576 g/mol. The fraction of sp³-hybridized carbons (Fsp3) is 0.344. The molecule has 4 aromatic rings. The largest absolute Gasteiger partial charge is 0.406 e. The summed E-state index contributed by atoms with van der Waals surface area (Å²) in [4.78, 5) is 4.32. The molecule has 0 amide bonds. The van der Waals surface area contributed by atoms with E-state index < -0.39 is 18.3 Å². The van der Waals surface area contributed by atoms with E-state index >= 15 is 0 Å². The Hall–Kier alpha value is -3.04. The van der Waals surface area contributed by atoms with Gasteiger partial charge in [-0.1, -0.05) is 107 Å². The molecule has 0 fully saturated rings. The summed E-state index contributed by atoms with van der Waals surface area (Å²) >= 11 is 0. The van der Waals surface area contributed by atoms with Gasteiger partial charge in [-0.15, -0.1) is 0 Å². The van der Waals surface area contributed by atoms with Crippen LogP contribution in [0.2, 0.25) is 5.04 Å². The Morgan fingerprint density at radius 3 is 1.95 bits per heavy atom. The Morgan fingerprint density at radius 2 is 1.48 bits per heavy atom. The summed E-state index contributed by atoms with van der Waals surface area (Å²) in [5, 5.41) is 2.16. The van der Waals surface area contributed by atoms with Crippen molar-refractivity contribution in [2.75, 3.05) is 6.61 Å². The monoisotopic (exact) mass is 575 g/mol. The lowest BCUT2D eigenvalue weighted by Gasteiger charge is -2.43. The molecule has 40 heavy (non-hydrogen) atoms. The van der Waals surface area contributed by atoms with Gasteiger partial charge < -0.3 is 8.99 Å². The summed E-state index contributed by atoms with van der Waals surface area (Å²) in [6.45, 7) is 11.8. The van der Waals surface area contributed by atoms with E-state index in [0.717, 1.165) is 5.56 Å². The maximum atomic E-state index is 13.5. The van der Waals surface area contributed by atoms with Gasteiger partial charge in [0.15, 0.2) is 0 Å². The van der Waals surface area contributed by atoms with Gasteiger partial charge in [0, 0.05) is 25.0 Å². The first-order chi connectivity index (χ1) is 19.0. The molecule has 0 bridgehead atoms. The zero-order chi connectivity index (χ0) is 28.8. The molecule has 8 heteroatoms. The number of sulfonamides is 1. The van der Waals surface area contributed by atoms with Crippen molar-refractivity contribution < 1.29 is 12.8 Å². The van der Waals surface area contributed by atoms with Crippen LogP contribution in [0.5, 0.6) is 0 Å². The van der Waals surface area contributed by atoms with Gasteiger partial charge in [-0.3, -0.25) is 0 Å². The van der Waals surface area contributed by atoms with Gasteiger partial charge in [0.25, 0.3) is 8.32 Å². The quantitative estimate of drug-likeness (QED) is 0.236. The minimum Gasteiger partial charge on any atom is -0.406 e. The number of imidazole rings is 1. The molecule has 0 aliphatic heterocycles. The first kappa shape index (κ1) is 29.9. The number of aromatic nitrogens is 2. The Balaban J connectivity index is 1.61. The Bertz CT molecular complexity index is 1400. The first-order valence-electron chi connectivity index (χ1n) is 13.8. The molecule has 0 aliphatic carbocycles. The molecule has 1 heterocycles. The van der Waals surface area contributed by atoms with Gasteiger partial charge in [0.2, 0.25) is 10.0 Å². The van der Waals surface area contributed by atoms with E-state index in [-0.39, 0.29) is 28.5 Å². The van der Waals surface area contributed by atoms with Crippen LogP contribution in [0.4, 0.5) is 0 Å². The van der Waals surface area contributed by atoms with Crippen LogP contribution >= 0.6 is 0 Å². The highest BCUT2D eigenvalue weighted by atomic mass is 32.2. The third kappa shape index (κ3) is 6.99. The Morgan fingerprint density at radius 1 is 0.900 bits per heavy atom. The van der Waals surface area contributed by atoms with Crippen molar-refractivity contribution in [3.63, 3.8) is 0 Å². The molecular formula is C32H41N3O3SSi. The zero-order valence-electron chi connectivity index (χ0n) is 24.1. The molecule has 1 aromatic heterocycles. The molecule has 0 radical (unpaired) electrons. The van der Waals surface area contributed by atoms with Crippen LogP contribution in [0.25, 0.3) is 0 Å². The van der Waals surface area contributed by atoms with Crippen molar-refractivity contribution in [3.8, 4) is 0 Å². The maximum Gasteiger partial charge on any atom is 0.261 e. The summed E-state index contributed by atoms with van der Waals surface area (Å²) in [5.74, 6) is 0.285.